The average molecular weight is 274 g/mol. The van der Waals surface area contributed by atoms with Crippen molar-refractivity contribution in [3.05, 3.63) is 24.3 Å². The van der Waals surface area contributed by atoms with Gasteiger partial charge in [0.25, 0.3) is 0 Å². The Morgan fingerprint density at radius 1 is 1.00 bits per heavy atom. The Morgan fingerprint density at radius 2 is 1.55 bits per heavy atom. The van der Waals surface area contributed by atoms with E-state index in [1.54, 1.807) is 0 Å². The molecule has 0 atom stereocenters. The standard InChI is InChI=1S/C17H26N2O/c1-13(2)17(20)19-16-11-9-15(10-12-16)18-14-7-5-3-4-6-8-14/h9-14,18H,3-8H2,1-2H3,(H,19,20). The second-order valence-electron chi connectivity index (χ2n) is 6.05. The summed E-state index contributed by atoms with van der Waals surface area (Å²) in [5.74, 6) is 0.0771. The maximum atomic E-state index is 11.6. The second kappa shape index (κ2) is 7.32. The Bertz CT molecular complexity index is 417. The molecule has 1 aromatic rings. The molecular formula is C17H26N2O. The summed E-state index contributed by atoms with van der Waals surface area (Å²) in [4.78, 5) is 11.6. The quantitative estimate of drug-likeness (QED) is 0.798. The molecule has 1 fully saturated rings. The molecule has 0 saturated heterocycles. The molecule has 0 radical (unpaired) electrons. The number of amides is 1. The summed E-state index contributed by atoms with van der Waals surface area (Å²) in [6, 6.07) is 8.66. The lowest BCUT2D eigenvalue weighted by molar-refractivity contribution is -0.118. The van der Waals surface area contributed by atoms with Gasteiger partial charge in [0.15, 0.2) is 0 Å². The lowest BCUT2D eigenvalue weighted by Crippen LogP contribution is -2.19. The van der Waals surface area contributed by atoms with Gasteiger partial charge >= 0.3 is 0 Å². The first kappa shape index (κ1) is 14.9. The SMILES string of the molecule is CC(C)C(=O)Nc1ccc(NC2CCCCCC2)cc1. The number of hydrogen-bond donors (Lipinski definition) is 2. The minimum absolute atomic E-state index is 0.0128. The minimum Gasteiger partial charge on any atom is -0.382 e. The molecule has 0 heterocycles. The predicted octanol–water partition coefficient (Wildman–Crippen LogP) is 4.42. The van der Waals surface area contributed by atoms with Crippen molar-refractivity contribution in [1.29, 1.82) is 0 Å². The molecule has 0 spiro atoms. The topological polar surface area (TPSA) is 41.1 Å². The lowest BCUT2D eigenvalue weighted by atomic mass is 10.1. The highest BCUT2D eigenvalue weighted by molar-refractivity contribution is 5.92. The number of benzene rings is 1. The highest BCUT2D eigenvalue weighted by Gasteiger charge is 2.12. The lowest BCUT2D eigenvalue weighted by Gasteiger charge is -2.18. The Balaban J connectivity index is 1.89. The highest BCUT2D eigenvalue weighted by atomic mass is 16.1. The first-order valence-electron chi connectivity index (χ1n) is 7.82. The number of anilines is 2. The van der Waals surface area contributed by atoms with Gasteiger partial charge in [0.1, 0.15) is 0 Å². The third-order valence-corrected chi connectivity index (χ3v) is 3.90. The summed E-state index contributed by atoms with van der Waals surface area (Å²) in [6.07, 6.45) is 7.95. The molecule has 110 valence electrons. The van der Waals surface area contributed by atoms with E-state index in [4.69, 9.17) is 0 Å². The van der Waals surface area contributed by atoms with Crippen molar-refractivity contribution in [2.45, 2.75) is 58.4 Å². The molecule has 0 bridgehead atoms. The van der Waals surface area contributed by atoms with E-state index in [2.05, 4.69) is 22.8 Å². The molecule has 1 aromatic carbocycles. The maximum Gasteiger partial charge on any atom is 0.226 e. The summed E-state index contributed by atoms with van der Waals surface area (Å²) in [5, 5.41) is 6.53. The molecule has 1 aliphatic rings. The Kier molecular flexibility index (Phi) is 5.45. The Morgan fingerprint density at radius 3 is 2.10 bits per heavy atom. The zero-order chi connectivity index (χ0) is 14.4. The van der Waals surface area contributed by atoms with Crippen LogP contribution in [0.5, 0.6) is 0 Å². The minimum atomic E-state index is 0.0128. The van der Waals surface area contributed by atoms with E-state index in [1.165, 1.54) is 38.5 Å². The van der Waals surface area contributed by atoms with E-state index in [0.717, 1.165) is 11.4 Å². The zero-order valence-electron chi connectivity index (χ0n) is 12.6. The van der Waals surface area contributed by atoms with E-state index < -0.39 is 0 Å². The van der Waals surface area contributed by atoms with Crippen LogP contribution in [-0.2, 0) is 4.79 Å². The summed E-state index contributed by atoms with van der Waals surface area (Å²) >= 11 is 0. The van der Waals surface area contributed by atoms with Crippen molar-refractivity contribution < 1.29 is 4.79 Å². The highest BCUT2D eigenvalue weighted by Crippen LogP contribution is 2.22. The number of hydrogen-bond acceptors (Lipinski definition) is 2. The van der Waals surface area contributed by atoms with E-state index in [0.29, 0.717) is 6.04 Å². The van der Waals surface area contributed by atoms with Gasteiger partial charge in [-0.2, -0.15) is 0 Å². The molecule has 1 saturated carbocycles. The van der Waals surface area contributed by atoms with Gasteiger partial charge in [0, 0.05) is 23.3 Å². The molecule has 0 aliphatic heterocycles. The Labute approximate surface area is 122 Å². The van der Waals surface area contributed by atoms with Gasteiger partial charge in [-0.15, -0.1) is 0 Å². The third-order valence-electron chi connectivity index (χ3n) is 3.90. The summed E-state index contributed by atoms with van der Waals surface area (Å²) in [5.41, 5.74) is 2.02. The summed E-state index contributed by atoms with van der Waals surface area (Å²) < 4.78 is 0. The van der Waals surface area contributed by atoms with E-state index in [9.17, 15) is 4.79 Å². The van der Waals surface area contributed by atoms with Gasteiger partial charge in [-0.25, -0.2) is 0 Å². The van der Waals surface area contributed by atoms with E-state index in [1.807, 2.05) is 26.0 Å². The van der Waals surface area contributed by atoms with Crippen molar-refractivity contribution in [1.82, 2.24) is 0 Å². The van der Waals surface area contributed by atoms with Crippen LogP contribution in [0, 0.1) is 5.92 Å². The molecule has 3 nitrogen and oxygen atoms in total. The van der Waals surface area contributed by atoms with Crippen LogP contribution in [0.1, 0.15) is 52.4 Å². The number of nitrogens with one attached hydrogen (secondary N) is 2. The van der Waals surface area contributed by atoms with Gasteiger partial charge in [0.05, 0.1) is 0 Å². The van der Waals surface area contributed by atoms with Crippen molar-refractivity contribution in [3.63, 3.8) is 0 Å². The van der Waals surface area contributed by atoms with Crippen LogP contribution in [0.2, 0.25) is 0 Å². The van der Waals surface area contributed by atoms with Gasteiger partial charge in [-0.1, -0.05) is 39.5 Å². The van der Waals surface area contributed by atoms with Crippen LogP contribution in [0.25, 0.3) is 0 Å². The molecule has 1 aliphatic carbocycles. The number of carbonyl (C=O) groups excluding carboxylic acids is 1. The molecule has 2 rings (SSSR count). The first-order chi connectivity index (χ1) is 9.65. The zero-order valence-corrected chi connectivity index (χ0v) is 12.6. The van der Waals surface area contributed by atoms with Crippen LogP contribution >= 0.6 is 0 Å². The molecule has 3 heteroatoms. The van der Waals surface area contributed by atoms with E-state index >= 15 is 0 Å². The summed E-state index contributed by atoms with van der Waals surface area (Å²) in [6.45, 7) is 3.80. The molecule has 1 amide bonds. The normalized spacial score (nSPS) is 16.8. The monoisotopic (exact) mass is 274 g/mol. The van der Waals surface area contributed by atoms with Gasteiger partial charge in [-0.3, -0.25) is 4.79 Å². The fourth-order valence-electron chi connectivity index (χ4n) is 2.60. The molecule has 0 aromatic heterocycles. The Hall–Kier alpha value is -1.51. The number of rotatable bonds is 4. The van der Waals surface area contributed by atoms with Crippen molar-refractivity contribution in [2.75, 3.05) is 10.6 Å². The fraction of sp³-hybridized carbons (Fsp3) is 0.588. The van der Waals surface area contributed by atoms with Crippen LogP contribution in [0.15, 0.2) is 24.3 Å². The third kappa shape index (κ3) is 4.55. The first-order valence-corrected chi connectivity index (χ1v) is 7.82. The van der Waals surface area contributed by atoms with Gasteiger partial charge in [-0.05, 0) is 37.1 Å². The fourth-order valence-corrected chi connectivity index (χ4v) is 2.60. The van der Waals surface area contributed by atoms with Crippen LogP contribution in [0.4, 0.5) is 11.4 Å². The molecule has 2 N–H and O–H groups in total. The smallest absolute Gasteiger partial charge is 0.226 e. The van der Waals surface area contributed by atoms with Crippen LogP contribution in [-0.4, -0.2) is 11.9 Å². The maximum absolute atomic E-state index is 11.6. The van der Waals surface area contributed by atoms with Crippen LogP contribution in [0.3, 0.4) is 0 Å². The predicted molar refractivity (Wildman–Crippen MR) is 85.0 cm³/mol. The van der Waals surface area contributed by atoms with Crippen molar-refractivity contribution in [3.8, 4) is 0 Å². The largest absolute Gasteiger partial charge is 0.382 e. The van der Waals surface area contributed by atoms with E-state index in [-0.39, 0.29) is 11.8 Å². The molecular weight excluding hydrogens is 248 g/mol. The van der Waals surface area contributed by atoms with Crippen molar-refractivity contribution in [2.24, 2.45) is 5.92 Å². The van der Waals surface area contributed by atoms with Gasteiger partial charge < -0.3 is 10.6 Å². The van der Waals surface area contributed by atoms with Crippen LogP contribution < -0.4 is 10.6 Å². The molecule has 0 unspecified atom stereocenters. The van der Waals surface area contributed by atoms with Crippen molar-refractivity contribution >= 4 is 17.3 Å². The summed E-state index contributed by atoms with van der Waals surface area (Å²) in [7, 11) is 0. The molecule has 20 heavy (non-hydrogen) atoms. The van der Waals surface area contributed by atoms with Gasteiger partial charge in [0.2, 0.25) is 5.91 Å². The second-order valence-corrected chi connectivity index (χ2v) is 6.05. The average Bonchev–Trinajstić information content (AvgIpc) is 2.69. The number of carbonyl (C=O) groups is 1.